The number of nitrogens with zero attached hydrogens (tertiary/aromatic N) is 2. The molecule has 0 aliphatic carbocycles. The molecular formula is C21H24N2O4S. The number of rotatable bonds is 9. The van der Waals surface area contributed by atoms with E-state index in [0.29, 0.717) is 31.2 Å². The molecule has 0 aliphatic rings. The summed E-state index contributed by atoms with van der Waals surface area (Å²) in [7, 11) is 3.20. The van der Waals surface area contributed by atoms with E-state index in [1.807, 2.05) is 49.4 Å². The largest absolute Gasteiger partial charge is 0.493 e. The lowest BCUT2D eigenvalue weighted by molar-refractivity contribution is -0.137. The number of fused-ring (bicyclic) bond motifs is 1. The van der Waals surface area contributed by atoms with Gasteiger partial charge >= 0.3 is 0 Å². The number of ether oxygens (including phenoxy) is 3. The van der Waals surface area contributed by atoms with Crippen molar-refractivity contribution in [2.45, 2.75) is 20.1 Å². The summed E-state index contributed by atoms with van der Waals surface area (Å²) in [5, 5.41) is 0.872. The fraction of sp³-hybridized carbons (Fsp3) is 0.333. The molecule has 7 heteroatoms. The number of carbonyl (C=O) groups excluding carboxylic acids is 1. The summed E-state index contributed by atoms with van der Waals surface area (Å²) in [6.45, 7) is 3.39. The van der Waals surface area contributed by atoms with Crippen LogP contribution in [0.5, 0.6) is 11.5 Å². The van der Waals surface area contributed by atoms with Crippen molar-refractivity contribution < 1.29 is 19.0 Å². The zero-order valence-electron chi connectivity index (χ0n) is 16.3. The normalized spacial score (nSPS) is 10.8. The SMILES string of the molecule is CCN(Cc1ccc(OC)c(OC)c1)C(=O)COCc1nc2ccccc2s1. The van der Waals surface area contributed by atoms with Gasteiger partial charge < -0.3 is 19.1 Å². The lowest BCUT2D eigenvalue weighted by Crippen LogP contribution is -2.33. The third-order valence-corrected chi connectivity index (χ3v) is 5.35. The van der Waals surface area contributed by atoms with Crippen molar-refractivity contribution in [1.29, 1.82) is 0 Å². The Balaban J connectivity index is 1.56. The van der Waals surface area contributed by atoms with Gasteiger partial charge in [0.2, 0.25) is 5.91 Å². The molecule has 1 amide bonds. The van der Waals surface area contributed by atoms with E-state index in [1.165, 1.54) is 0 Å². The summed E-state index contributed by atoms with van der Waals surface area (Å²) in [4.78, 5) is 18.8. The van der Waals surface area contributed by atoms with Crippen LogP contribution < -0.4 is 9.47 Å². The van der Waals surface area contributed by atoms with Gasteiger partial charge in [0, 0.05) is 13.1 Å². The smallest absolute Gasteiger partial charge is 0.248 e. The molecule has 0 saturated carbocycles. The molecule has 1 heterocycles. The van der Waals surface area contributed by atoms with Gasteiger partial charge in [0.15, 0.2) is 11.5 Å². The van der Waals surface area contributed by atoms with Gasteiger partial charge in [-0.05, 0) is 36.8 Å². The number of amides is 1. The lowest BCUT2D eigenvalue weighted by Gasteiger charge is -2.21. The summed E-state index contributed by atoms with van der Waals surface area (Å²) in [5.74, 6) is 1.26. The van der Waals surface area contributed by atoms with Gasteiger partial charge in [-0.3, -0.25) is 4.79 Å². The number of benzene rings is 2. The van der Waals surface area contributed by atoms with Gasteiger partial charge in [0.05, 0.1) is 31.0 Å². The van der Waals surface area contributed by atoms with Gasteiger partial charge in [-0.2, -0.15) is 0 Å². The van der Waals surface area contributed by atoms with Gasteiger partial charge in [-0.15, -0.1) is 11.3 Å². The molecule has 3 aromatic rings. The fourth-order valence-electron chi connectivity index (χ4n) is 2.87. The standard InChI is InChI=1S/C21H24N2O4S/c1-4-23(12-15-9-10-17(25-2)18(11-15)26-3)21(24)14-27-13-20-22-16-7-5-6-8-19(16)28-20/h5-11H,4,12-14H2,1-3H3. The second-order valence-electron chi connectivity index (χ2n) is 6.17. The molecular weight excluding hydrogens is 376 g/mol. The van der Waals surface area contributed by atoms with Crippen molar-refractivity contribution in [3.63, 3.8) is 0 Å². The van der Waals surface area contributed by atoms with E-state index in [-0.39, 0.29) is 12.5 Å². The number of hydrogen-bond acceptors (Lipinski definition) is 6. The first-order valence-corrected chi connectivity index (χ1v) is 9.87. The molecule has 0 atom stereocenters. The number of thiazole rings is 1. The van der Waals surface area contributed by atoms with Crippen molar-refractivity contribution >= 4 is 27.5 Å². The van der Waals surface area contributed by atoms with Crippen molar-refractivity contribution in [3.05, 3.63) is 53.0 Å². The summed E-state index contributed by atoms with van der Waals surface area (Å²) in [6, 6.07) is 13.6. The molecule has 0 unspecified atom stereocenters. The third-order valence-electron chi connectivity index (χ3n) is 4.35. The van der Waals surface area contributed by atoms with Crippen LogP contribution in [0.15, 0.2) is 42.5 Å². The van der Waals surface area contributed by atoms with Gasteiger partial charge in [0.1, 0.15) is 11.6 Å². The fourth-order valence-corrected chi connectivity index (χ4v) is 3.78. The summed E-state index contributed by atoms with van der Waals surface area (Å²) in [6.07, 6.45) is 0. The first-order chi connectivity index (χ1) is 13.6. The van der Waals surface area contributed by atoms with Gasteiger partial charge in [-0.25, -0.2) is 4.98 Å². The minimum Gasteiger partial charge on any atom is -0.493 e. The maximum absolute atomic E-state index is 12.5. The van der Waals surface area contributed by atoms with Crippen molar-refractivity contribution in [3.8, 4) is 11.5 Å². The molecule has 0 radical (unpaired) electrons. The van der Waals surface area contributed by atoms with E-state index in [2.05, 4.69) is 4.98 Å². The Morgan fingerprint density at radius 3 is 2.61 bits per heavy atom. The van der Waals surface area contributed by atoms with Crippen LogP contribution in [-0.4, -0.2) is 43.2 Å². The predicted octanol–water partition coefficient (Wildman–Crippen LogP) is 3.88. The average Bonchev–Trinajstić information content (AvgIpc) is 3.14. The number of methoxy groups -OCH3 is 2. The molecule has 6 nitrogen and oxygen atoms in total. The Kier molecular flexibility index (Phi) is 6.84. The topological polar surface area (TPSA) is 60.9 Å². The van der Waals surface area contributed by atoms with E-state index >= 15 is 0 Å². The first kappa shape index (κ1) is 20.1. The second kappa shape index (κ2) is 9.52. The highest BCUT2D eigenvalue weighted by atomic mass is 32.1. The summed E-state index contributed by atoms with van der Waals surface area (Å²) in [5.41, 5.74) is 1.93. The molecule has 0 fully saturated rings. The Hall–Kier alpha value is -2.64. The van der Waals surface area contributed by atoms with Crippen molar-refractivity contribution in [2.75, 3.05) is 27.4 Å². The van der Waals surface area contributed by atoms with Crippen molar-refractivity contribution in [1.82, 2.24) is 9.88 Å². The molecule has 3 rings (SSSR count). The number of hydrogen-bond donors (Lipinski definition) is 0. The first-order valence-electron chi connectivity index (χ1n) is 9.05. The molecule has 148 valence electrons. The number of likely N-dealkylation sites (N-methyl/N-ethyl adjacent to an activating group) is 1. The monoisotopic (exact) mass is 400 g/mol. The third kappa shape index (κ3) is 4.79. The van der Waals surface area contributed by atoms with Crippen LogP contribution in [-0.2, 0) is 22.7 Å². The van der Waals surface area contributed by atoms with Gasteiger partial charge in [-0.1, -0.05) is 18.2 Å². The minimum absolute atomic E-state index is 0.0249. The summed E-state index contributed by atoms with van der Waals surface area (Å²) < 4.78 is 17.3. The summed E-state index contributed by atoms with van der Waals surface area (Å²) >= 11 is 1.59. The molecule has 2 aromatic carbocycles. The Morgan fingerprint density at radius 2 is 1.89 bits per heavy atom. The van der Waals surface area contributed by atoms with E-state index < -0.39 is 0 Å². The highest BCUT2D eigenvalue weighted by Gasteiger charge is 2.14. The van der Waals surface area contributed by atoms with Crippen LogP contribution >= 0.6 is 11.3 Å². The zero-order chi connectivity index (χ0) is 19.9. The minimum atomic E-state index is -0.0570. The van der Waals surface area contributed by atoms with E-state index in [9.17, 15) is 4.79 Å². The van der Waals surface area contributed by atoms with Crippen LogP contribution in [0.3, 0.4) is 0 Å². The van der Waals surface area contributed by atoms with Crippen LogP contribution in [0.4, 0.5) is 0 Å². The van der Waals surface area contributed by atoms with E-state index in [1.54, 1.807) is 30.5 Å². The molecule has 0 N–H and O–H groups in total. The Labute approximate surface area is 168 Å². The molecule has 1 aromatic heterocycles. The van der Waals surface area contributed by atoms with E-state index in [4.69, 9.17) is 14.2 Å². The van der Waals surface area contributed by atoms with Crippen LogP contribution in [0.1, 0.15) is 17.5 Å². The maximum atomic E-state index is 12.5. The highest BCUT2D eigenvalue weighted by Crippen LogP contribution is 2.28. The maximum Gasteiger partial charge on any atom is 0.248 e. The molecule has 0 bridgehead atoms. The Morgan fingerprint density at radius 1 is 1.11 bits per heavy atom. The van der Waals surface area contributed by atoms with E-state index in [0.717, 1.165) is 20.8 Å². The Bertz CT molecular complexity index is 908. The molecule has 0 aliphatic heterocycles. The molecule has 0 spiro atoms. The highest BCUT2D eigenvalue weighted by molar-refractivity contribution is 7.18. The van der Waals surface area contributed by atoms with Crippen molar-refractivity contribution in [2.24, 2.45) is 0 Å². The lowest BCUT2D eigenvalue weighted by atomic mass is 10.2. The molecule has 0 saturated heterocycles. The molecule has 28 heavy (non-hydrogen) atoms. The zero-order valence-corrected chi connectivity index (χ0v) is 17.1. The average molecular weight is 401 g/mol. The number of carbonyl (C=O) groups is 1. The van der Waals surface area contributed by atoms with Crippen LogP contribution in [0, 0.1) is 0 Å². The van der Waals surface area contributed by atoms with Crippen LogP contribution in [0.25, 0.3) is 10.2 Å². The number of para-hydroxylation sites is 1. The second-order valence-corrected chi connectivity index (χ2v) is 7.28. The number of aromatic nitrogens is 1. The van der Waals surface area contributed by atoms with Gasteiger partial charge in [0.25, 0.3) is 0 Å². The van der Waals surface area contributed by atoms with Crippen LogP contribution in [0.2, 0.25) is 0 Å². The predicted molar refractivity (Wildman–Crippen MR) is 110 cm³/mol. The quantitative estimate of drug-likeness (QED) is 0.546.